The summed E-state index contributed by atoms with van der Waals surface area (Å²) in [6.07, 6.45) is 4.09. The van der Waals surface area contributed by atoms with Crippen LogP contribution >= 0.6 is 0 Å². The van der Waals surface area contributed by atoms with Gasteiger partial charge in [-0.2, -0.15) is 0 Å². The Morgan fingerprint density at radius 1 is 1.21 bits per heavy atom. The van der Waals surface area contributed by atoms with E-state index >= 15 is 0 Å². The molecule has 1 aromatic carbocycles. The minimum Gasteiger partial charge on any atom is -0.356 e. The highest BCUT2D eigenvalue weighted by Crippen LogP contribution is 2.24. The number of benzene rings is 1. The Morgan fingerprint density at radius 3 is 2.58 bits per heavy atom. The zero-order chi connectivity index (χ0) is 13.7. The second-order valence-electron chi connectivity index (χ2n) is 5.16. The molecule has 0 bridgehead atoms. The number of aryl methyl sites for hydroxylation is 1. The van der Waals surface area contributed by atoms with E-state index in [1.165, 1.54) is 12.0 Å². The lowest BCUT2D eigenvalue weighted by atomic mass is 10.0. The van der Waals surface area contributed by atoms with Gasteiger partial charge in [0, 0.05) is 23.7 Å². The lowest BCUT2D eigenvalue weighted by molar-refractivity contribution is 0.431. The van der Waals surface area contributed by atoms with E-state index in [2.05, 4.69) is 55.5 Å². The highest BCUT2D eigenvalue weighted by Gasteiger charge is 2.10. The summed E-state index contributed by atoms with van der Waals surface area (Å²) in [7, 11) is 0. The van der Waals surface area contributed by atoms with Crippen molar-refractivity contribution in [2.75, 3.05) is 0 Å². The molecule has 0 saturated carbocycles. The standard InChI is InChI=1S/C16H22N2O/c1-4-5-13-6-8-14(9-7-13)16-15(11-18-19-16)10-17-12(2)3/h6-9,11-12,17H,4-5,10H2,1-3H3. The maximum atomic E-state index is 5.39. The zero-order valence-corrected chi connectivity index (χ0v) is 11.9. The number of nitrogens with one attached hydrogen (secondary N) is 1. The van der Waals surface area contributed by atoms with Gasteiger partial charge in [0.2, 0.25) is 0 Å². The molecule has 1 heterocycles. The van der Waals surface area contributed by atoms with E-state index in [0.29, 0.717) is 6.04 Å². The molecule has 0 saturated heterocycles. The van der Waals surface area contributed by atoms with Crippen LogP contribution in [0.1, 0.15) is 38.3 Å². The lowest BCUT2D eigenvalue weighted by Crippen LogP contribution is -2.21. The average Bonchev–Trinajstić information content (AvgIpc) is 2.86. The molecule has 0 spiro atoms. The first kappa shape index (κ1) is 13.8. The average molecular weight is 258 g/mol. The summed E-state index contributed by atoms with van der Waals surface area (Å²) in [6, 6.07) is 9.02. The van der Waals surface area contributed by atoms with Crippen LogP contribution in [0, 0.1) is 0 Å². The van der Waals surface area contributed by atoms with Gasteiger partial charge in [0.1, 0.15) is 0 Å². The zero-order valence-electron chi connectivity index (χ0n) is 11.9. The maximum Gasteiger partial charge on any atom is 0.171 e. The predicted molar refractivity (Wildman–Crippen MR) is 77.9 cm³/mol. The molecule has 0 aliphatic heterocycles. The highest BCUT2D eigenvalue weighted by molar-refractivity contribution is 5.61. The Kier molecular flexibility index (Phi) is 4.74. The lowest BCUT2D eigenvalue weighted by Gasteiger charge is -2.07. The minimum atomic E-state index is 0.453. The van der Waals surface area contributed by atoms with Crippen molar-refractivity contribution in [3.05, 3.63) is 41.6 Å². The van der Waals surface area contributed by atoms with Crippen LogP contribution in [0.15, 0.2) is 35.0 Å². The Morgan fingerprint density at radius 2 is 1.95 bits per heavy atom. The molecule has 1 N–H and O–H groups in total. The quantitative estimate of drug-likeness (QED) is 0.856. The summed E-state index contributed by atoms with van der Waals surface area (Å²) < 4.78 is 5.39. The third kappa shape index (κ3) is 3.67. The third-order valence-corrected chi connectivity index (χ3v) is 3.10. The SMILES string of the molecule is CCCc1ccc(-c2oncc2CNC(C)C)cc1. The van der Waals surface area contributed by atoms with Crippen molar-refractivity contribution < 1.29 is 4.52 Å². The molecule has 3 heteroatoms. The molecule has 2 rings (SSSR count). The van der Waals surface area contributed by atoms with Gasteiger partial charge < -0.3 is 9.84 Å². The molecular weight excluding hydrogens is 236 g/mol. The second-order valence-corrected chi connectivity index (χ2v) is 5.16. The van der Waals surface area contributed by atoms with E-state index in [-0.39, 0.29) is 0 Å². The molecule has 0 fully saturated rings. The van der Waals surface area contributed by atoms with Gasteiger partial charge in [-0.3, -0.25) is 0 Å². The Bertz CT molecular complexity index is 500. The molecule has 0 aliphatic carbocycles. The number of aromatic nitrogens is 1. The Hall–Kier alpha value is -1.61. The van der Waals surface area contributed by atoms with Crippen LogP contribution in [0.4, 0.5) is 0 Å². The van der Waals surface area contributed by atoms with E-state index in [9.17, 15) is 0 Å². The highest BCUT2D eigenvalue weighted by atomic mass is 16.5. The molecule has 2 aromatic rings. The summed E-state index contributed by atoms with van der Waals surface area (Å²) >= 11 is 0. The van der Waals surface area contributed by atoms with Crippen molar-refractivity contribution in [2.24, 2.45) is 0 Å². The molecular formula is C16H22N2O. The van der Waals surface area contributed by atoms with Crippen molar-refractivity contribution in [3.8, 4) is 11.3 Å². The van der Waals surface area contributed by atoms with Crippen molar-refractivity contribution >= 4 is 0 Å². The second kappa shape index (κ2) is 6.53. The van der Waals surface area contributed by atoms with Crippen LogP contribution in [-0.2, 0) is 13.0 Å². The topological polar surface area (TPSA) is 38.1 Å². The molecule has 102 valence electrons. The van der Waals surface area contributed by atoms with Gasteiger partial charge in [-0.25, -0.2) is 0 Å². The largest absolute Gasteiger partial charge is 0.356 e. The van der Waals surface area contributed by atoms with Crippen molar-refractivity contribution in [3.63, 3.8) is 0 Å². The van der Waals surface area contributed by atoms with Crippen molar-refractivity contribution in [1.82, 2.24) is 10.5 Å². The number of hydrogen-bond acceptors (Lipinski definition) is 3. The molecule has 0 radical (unpaired) electrons. The van der Waals surface area contributed by atoms with E-state index in [4.69, 9.17) is 4.52 Å². The third-order valence-electron chi connectivity index (χ3n) is 3.10. The van der Waals surface area contributed by atoms with Gasteiger partial charge in [-0.05, 0) is 12.0 Å². The van der Waals surface area contributed by atoms with E-state index in [1.807, 2.05) is 0 Å². The normalized spacial score (nSPS) is 11.2. The monoisotopic (exact) mass is 258 g/mol. The van der Waals surface area contributed by atoms with Crippen LogP contribution in [-0.4, -0.2) is 11.2 Å². The van der Waals surface area contributed by atoms with Gasteiger partial charge in [-0.15, -0.1) is 0 Å². The first-order valence-corrected chi connectivity index (χ1v) is 6.97. The minimum absolute atomic E-state index is 0.453. The smallest absolute Gasteiger partial charge is 0.171 e. The number of nitrogens with zero attached hydrogens (tertiary/aromatic N) is 1. The summed E-state index contributed by atoms with van der Waals surface area (Å²) in [5.74, 6) is 0.871. The fourth-order valence-corrected chi connectivity index (χ4v) is 2.05. The molecule has 19 heavy (non-hydrogen) atoms. The van der Waals surface area contributed by atoms with Gasteiger partial charge in [0.25, 0.3) is 0 Å². The Labute approximate surface area is 115 Å². The predicted octanol–water partition coefficient (Wildman–Crippen LogP) is 3.79. The van der Waals surface area contributed by atoms with Crippen molar-refractivity contribution in [1.29, 1.82) is 0 Å². The van der Waals surface area contributed by atoms with Crippen molar-refractivity contribution in [2.45, 2.75) is 46.2 Å². The fraction of sp³-hybridized carbons (Fsp3) is 0.438. The van der Waals surface area contributed by atoms with E-state index < -0.39 is 0 Å². The summed E-state index contributed by atoms with van der Waals surface area (Å²) in [6.45, 7) is 7.24. The van der Waals surface area contributed by atoms with Gasteiger partial charge in [0.15, 0.2) is 5.76 Å². The first-order chi connectivity index (χ1) is 9.20. The number of hydrogen-bond donors (Lipinski definition) is 1. The van der Waals surface area contributed by atoms with Crippen LogP contribution in [0.2, 0.25) is 0 Å². The maximum absolute atomic E-state index is 5.39. The van der Waals surface area contributed by atoms with Crippen LogP contribution in [0.25, 0.3) is 11.3 Å². The molecule has 0 unspecified atom stereocenters. The Balaban J connectivity index is 2.15. The van der Waals surface area contributed by atoms with Gasteiger partial charge in [0.05, 0.1) is 6.20 Å². The summed E-state index contributed by atoms with van der Waals surface area (Å²) in [5, 5.41) is 7.31. The molecule has 0 atom stereocenters. The van der Waals surface area contributed by atoms with Crippen LogP contribution in [0.5, 0.6) is 0 Å². The molecule has 1 aromatic heterocycles. The molecule has 0 amide bonds. The molecule has 3 nitrogen and oxygen atoms in total. The van der Waals surface area contributed by atoms with Gasteiger partial charge >= 0.3 is 0 Å². The van der Waals surface area contributed by atoms with E-state index in [0.717, 1.165) is 29.9 Å². The summed E-state index contributed by atoms with van der Waals surface area (Å²) in [4.78, 5) is 0. The fourth-order valence-electron chi connectivity index (χ4n) is 2.05. The molecule has 0 aliphatic rings. The number of rotatable bonds is 6. The van der Waals surface area contributed by atoms with Crippen LogP contribution < -0.4 is 5.32 Å². The summed E-state index contributed by atoms with van der Waals surface area (Å²) in [5.41, 5.74) is 3.57. The van der Waals surface area contributed by atoms with Gasteiger partial charge in [-0.1, -0.05) is 56.6 Å². The van der Waals surface area contributed by atoms with Crippen LogP contribution in [0.3, 0.4) is 0 Å². The van der Waals surface area contributed by atoms with E-state index in [1.54, 1.807) is 6.20 Å². The first-order valence-electron chi connectivity index (χ1n) is 6.97.